The van der Waals surface area contributed by atoms with E-state index in [9.17, 15) is 40.3 Å². The Morgan fingerprint density at radius 2 is 1.09 bits per heavy atom. The lowest BCUT2D eigenvalue weighted by Gasteiger charge is -2.14. The molecule has 4 aromatic carbocycles. The zero-order chi connectivity index (χ0) is 40.4. The first-order chi connectivity index (χ1) is 25.8. The van der Waals surface area contributed by atoms with E-state index < -0.39 is 37.2 Å². The quantitative estimate of drug-likeness (QED) is 0.134. The Hall–Kier alpha value is -5.74. The number of phenols is 1. The van der Waals surface area contributed by atoms with Gasteiger partial charge in [0, 0.05) is 59.6 Å². The maximum Gasteiger partial charge on any atom is 0.255 e. The van der Waals surface area contributed by atoms with E-state index in [1.807, 2.05) is 13.8 Å². The summed E-state index contributed by atoms with van der Waals surface area (Å²) in [6, 6.07) is 16.9. The van der Waals surface area contributed by atoms with Crippen molar-refractivity contribution >= 4 is 53.4 Å². The molecule has 16 heteroatoms. The summed E-state index contributed by atoms with van der Waals surface area (Å²) in [5, 5.41) is 16.1. The summed E-state index contributed by atoms with van der Waals surface area (Å²) in [4.78, 5) is 25.0. The number of furan rings is 2. The number of fused-ring (bicyclic) bond motifs is 2. The van der Waals surface area contributed by atoms with Crippen LogP contribution >= 0.6 is 0 Å². The highest BCUT2D eigenvalue weighted by molar-refractivity contribution is 7.90. The molecule has 0 fully saturated rings. The summed E-state index contributed by atoms with van der Waals surface area (Å²) in [6.07, 6.45) is 1.99. The van der Waals surface area contributed by atoms with Crippen molar-refractivity contribution in [3.63, 3.8) is 0 Å². The average molecular weight is 797 g/mol. The fourth-order valence-electron chi connectivity index (χ4n) is 5.81. The minimum absolute atomic E-state index is 0.169. The number of carbonyl (C=O) groups is 2. The van der Waals surface area contributed by atoms with Crippen molar-refractivity contribution in [2.45, 2.75) is 31.5 Å². The van der Waals surface area contributed by atoms with E-state index in [1.54, 1.807) is 12.1 Å². The molecule has 12 nitrogen and oxygen atoms in total. The zero-order valence-electron chi connectivity index (χ0n) is 30.6. The molecule has 2 aromatic heterocycles. The molecule has 2 amide bonds. The second kappa shape index (κ2) is 15.9. The van der Waals surface area contributed by atoms with Gasteiger partial charge in [-0.3, -0.25) is 9.59 Å². The zero-order valence-corrected chi connectivity index (χ0v) is 32.2. The van der Waals surface area contributed by atoms with E-state index in [0.29, 0.717) is 38.8 Å². The van der Waals surface area contributed by atoms with E-state index in [0.717, 1.165) is 12.5 Å². The molecule has 0 saturated carbocycles. The Kier molecular flexibility index (Phi) is 11.7. The van der Waals surface area contributed by atoms with E-state index in [2.05, 4.69) is 10.6 Å². The highest BCUT2D eigenvalue weighted by Gasteiger charge is 2.26. The van der Waals surface area contributed by atoms with E-state index in [4.69, 9.17) is 13.6 Å². The molecule has 0 radical (unpaired) electrons. The standard InChI is InChI=1S/C21H22FNO5S.C18H16FNO5S/c1-12(2)27-17-10-16-18(9-14(17)11-29(4,25)26)28-20(19(16)21(24)23-3)13-5-7-15(22)8-6-13;1-20-18(22)16-13-8-14(21)11(9-26(2,23)24)7-15(13)25-17(16)10-3-5-12(19)6-4-10/h5-10,12H,11H2,1-4H3,(H,23,24);3-8,21H,9H2,1-2H3,(H,20,22). The number of rotatable bonds is 10. The van der Waals surface area contributed by atoms with Crippen molar-refractivity contribution in [1.82, 2.24) is 10.6 Å². The van der Waals surface area contributed by atoms with Crippen LogP contribution in [0.25, 0.3) is 44.6 Å². The summed E-state index contributed by atoms with van der Waals surface area (Å²) in [6.45, 7) is 3.65. The van der Waals surface area contributed by atoms with Gasteiger partial charge in [-0.2, -0.15) is 0 Å². The molecule has 3 N–H and O–H groups in total. The van der Waals surface area contributed by atoms with Crippen LogP contribution in [0.5, 0.6) is 11.5 Å². The average Bonchev–Trinajstić information content (AvgIpc) is 3.65. The number of hydrogen-bond donors (Lipinski definition) is 3. The number of nitrogens with one attached hydrogen (secondary N) is 2. The third-order valence-electron chi connectivity index (χ3n) is 8.08. The Morgan fingerprint density at radius 3 is 1.49 bits per heavy atom. The Bertz CT molecular complexity index is 2630. The number of hydrogen-bond acceptors (Lipinski definition) is 10. The topological polar surface area (TPSA) is 182 Å². The van der Waals surface area contributed by atoms with Crippen LogP contribution in [-0.4, -0.2) is 66.5 Å². The molecule has 0 aliphatic heterocycles. The van der Waals surface area contributed by atoms with Gasteiger partial charge in [0.1, 0.15) is 45.8 Å². The molecule has 0 aliphatic carbocycles. The van der Waals surface area contributed by atoms with Gasteiger partial charge in [0.2, 0.25) is 0 Å². The Balaban J connectivity index is 0.000000212. The number of carbonyl (C=O) groups excluding carboxylic acids is 2. The molecule has 0 aliphatic rings. The lowest BCUT2D eigenvalue weighted by atomic mass is 10.0. The molecule has 0 bridgehead atoms. The van der Waals surface area contributed by atoms with Gasteiger partial charge in [0.25, 0.3) is 11.8 Å². The van der Waals surface area contributed by atoms with Crippen LogP contribution in [0.1, 0.15) is 45.7 Å². The van der Waals surface area contributed by atoms with Crippen molar-refractivity contribution in [3.8, 4) is 34.1 Å². The molecule has 0 atom stereocenters. The van der Waals surface area contributed by atoms with Crippen LogP contribution in [-0.2, 0) is 31.2 Å². The molecule has 0 spiro atoms. The molecule has 55 heavy (non-hydrogen) atoms. The third kappa shape index (κ3) is 9.50. The first-order valence-corrected chi connectivity index (χ1v) is 20.8. The maximum absolute atomic E-state index is 13.3. The molecule has 6 rings (SSSR count). The largest absolute Gasteiger partial charge is 0.508 e. The van der Waals surface area contributed by atoms with E-state index in [1.165, 1.54) is 74.8 Å². The van der Waals surface area contributed by atoms with Gasteiger partial charge < -0.3 is 29.3 Å². The van der Waals surface area contributed by atoms with Crippen molar-refractivity contribution in [2.75, 3.05) is 26.6 Å². The van der Waals surface area contributed by atoms with Crippen molar-refractivity contribution < 1.29 is 53.9 Å². The van der Waals surface area contributed by atoms with Crippen molar-refractivity contribution in [1.29, 1.82) is 0 Å². The molecule has 0 saturated heterocycles. The van der Waals surface area contributed by atoms with Crippen molar-refractivity contribution in [2.24, 2.45) is 0 Å². The molecular weight excluding hydrogens is 759 g/mol. The van der Waals surface area contributed by atoms with E-state index >= 15 is 0 Å². The third-order valence-corrected chi connectivity index (χ3v) is 9.75. The van der Waals surface area contributed by atoms with Gasteiger partial charge in [0.05, 0.1) is 28.7 Å². The monoisotopic (exact) mass is 796 g/mol. The smallest absolute Gasteiger partial charge is 0.255 e. The van der Waals surface area contributed by atoms with E-state index in [-0.39, 0.29) is 63.1 Å². The van der Waals surface area contributed by atoms with Crippen LogP contribution in [0.3, 0.4) is 0 Å². The Morgan fingerprint density at radius 1 is 0.691 bits per heavy atom. The second-order valence-electron chi connectivity index (χ2n) is 13.0. The van der Waals surface area contributed by atoms with Gasteiger partial charge in [-0.15, -0.1) is 0 Å². The molecular formula is C39H38F2N2O10S2. The summed E-state index contributed by atoms with van der Waals surface area (Å²) >= 11 is 0. The molecule has 6 aromatic rings. The van der Waals surface area contributed by atoms with Gasteiger partial charge >= 0.3 is 0 Å². The SMILES string of the molecule is CNC(=O)c1c(-c2ccc(F)cc2)oc2cc(CS(C)(=O)=O)c(O)cc12.CNC(=O)c1c(-c2ccc(F)cc2)oc2cc(CS(C)(=O)=O)c(OC(C)C)cc12. The number of halogens is 2. The number of sulfone groups is 2. The Labute approximate surface area is 315 Å². The normalized spacial score (nSPS) is 11.7. The summed E-state index contributed by atoms with van der Waals surface area (Å²) < 4.78 is 90.8. The number of benzene rings is 4. The first kappa shape index (κ1) is 40.4. The van der Waals surface area contributed by atoms with Gasteiger partial charge in [0.15, 0.2) is 19.7 Å². The predicted molar refractivity (Wildman–Crippen MR) is 205 cm³/mol. The predicted octanol–water partition coefficient (Wildman–Crippen LogP) is 6.78. The minimum Gasteiger partial charge on any atom is -0.508 e. The number of phenolic OH excluding ortho intramolecular Hbond substituents is 1. The lowest BCUT2D eigenvalue weighted by Crippen LogP contribution is -2.18. The van der Waals surface area contributed by atoms with Crippen LogP contribution in [0.15, 0.2) is 81.6 Å². The van der Waals surface area contributed by atoms with Crippen LogP contribution in [0.4, 0.5) is 8.78 Å². The summed E-state index contributed by atoms with van der Waals surface area (Å²) in [7, 11) is -3.75. The maximum atomic E-state index is 13.3. The fraction of sp³-hybridized carbons (Fsp3) is 0.231. The lowest BCUT2D eigenvalue weighted by molar-refractivity contribution is 0.0956. The van der Waals surface area contributed by atoms with Crippen LogP contribution < -0.4 is 15.4 Å². The van der Waals surface area contributed by atoms with Crippen LogP contribution in [0, 0.1) is 11.6 Å². The molecule has 2 heterocycles. The molecule has 290 valence electrons. The van der Waals surface area contributed by atoms with Crippen LogP contribution in [0.2, 0.25) is 0 Å². The van der Waals surface area contributed by atoms with Gasteiger partial charge in [-0.25, -0.2) is 25.6 Å². The number of ether oxygens (including phenoxy) is 1. The molecule has 0 unspecified atom stereocenters. The minimum atomic E-state index is -3.37. The highest BCUT2D eigenvalue weighted by Crippen LogP contribution is 2.39. The first-order valence-electron chi connectivity index (χ1n) is 16.6. The number of aromatic hydroxyl groups is 1. The second-order valence-corrected chi connectivity index (χ2v) is 17.3. The highest BCUT2D eigenvalue weighted by atomic mass is 32.2. The summed E-state index contributed by atoms with van der Waals surface area (Å²) in [5.41, 5.74) is 2.66. The van der Waals surface area contributed by atoms with Crippen molar-refractivity contribution in [3.05, 3.63) is 107 Å². The van der Waals surface area contributed by atoms with Gasteiger partial charge in [-0.1, -0.05) is 0 Å². The number of amides is 2. The fourth-order valence-corrected chi connectivity index (χ4v) is 7.39. The van der Waals surface area contributed by atoms with Gasteiger partial charge in [-0.05, 0) is 86.6 Å². The summed E-state index contributed by atoms with van der Waals surface area (Å²) in [5.74, 6) is -1.67.